The lowest BCUT2D eigenvalue weighted by Gasteiger charge is -2.09. The number of halogens is 5. The van der Waals surface area contributed by atoms with E-state index in [-0.39, 0.29) is 0 Å². The molecule has 0 amide bonds. The number of H-pyrrole nitrogens is 1. The van der Waals surface area contributed by atoms with Gasteiger partial charge in [0, 0.05) is 17.8 Å². The van der Waals surface area contributed by atoms with Crippen LogP contribution in [0.5, 0.6) is 0 Å². The highest BCUT2D eigenvalue weighted by Gasteiger charge is 2.26. The number of nitrogens with zero attached hydrogens (tertiary/aromatic N) is 1. The first-order valence-electron chi connectivity index (χ1n) is 5.13. The predicted molar refractivity (Wildman–Crippen MR) is 56.7 cm³/mol. The summed E-state index contributed by atoms with van der Waals surface area (Å²) in [6.45, 7) is -1.08. The van der Waals surface area contributed by atoms with Crippen molar-refractivity contribution < 1.29 is 22.0 Å². The average Bonchev–Trinajstić information content (AvgIpc) is 2.42. The van der Waals surface area contributed by atoms with Crippen molar-refractivity contribution in [2.75, 3.05) is 0 Å². The maximum Gasteiger partial charge on any atom is 0.328 e. The SMILES string of the molecule is O=c1cc[nH]c(=O)n1Cc1c(F)c(F)c(F)c(F)c1F. The van der Waals surface area contributed by atoms with E-state index in [4.69, 9.17) is 0 Å². The second-order valence-electron chi connectivity index (χ2n) is 3.76. The number of hydrogen-bond acceptors (Lipinski definition) is 2. The summed E-state index contributed by atoms with van der Waals surface area (Å²) in [4.78, 5) is 24.7. The molecule has 1 aromatic carbocycles. The summed E-state index contributed by atoms with van der Waals surface area (Å²) in [5.74, 6) is -10.8. The lowest BCUT2D eigenvalue weighted by Crippen LogP contribution is -2.35. The summed E-state index contributed by atoms with van der Waals surface area (Å²) in [6, 6.07) is 0.868. The third-order valence-electron chi connectivity index (χ3n) is 2.56. The molecule has 0 aliphatic carbocycles. The van der Waals surface area contributed by atoms with Gasteiger partial charge < -0.3 is 4.98 Å². The second-order valence-corrected chi connectivity index (χ2v) is 3.76. The molecule has 106 valence electrons. The Kier molecular flexibility index (Phi) is 3.43. The fourth-order valence-corrected chi connectivity index (χ4v) is 1.55. The van der Waals surface area contributed by atoms with E-state index in [2.05, 4.69) is 0 Å². The van der Waals surface area contributed by atoms with Crippen molar-refractivity contribution in [3.63, 3.8) is 0 Å². The Balaban J connectivity index is 2.67. The van der Waals surface area contributed by atoms with E-state index >= 15 is 0 Å². The Hall–Kier alpha value is -2.45. The molecule has 0 saturated carbocycles. The summed E-state index contributed by atoms with van der Waals surface area (Å²) in [7, 11) is 0. The number of aromatic amines is 1. The van der Waals surface area contributed by atoms with Crippen LogP contribution in [-0.2, 0) is 6.54 Å². The lowest BCUT2D eigenvalue weighted by atomic mass is 10.1. The van der Waals surface area contributed by atoms with Crippen LogP contribution in [0.15, 0.2) is 21.9 Å². The molecule has 0 radical (unpaired) electrons. The van der Waals surface area contributed by atoms with Crippen molar-refractivity contribution in [3.05, 3.63) is 67.8 Å². The highest BCUT2D eigenvalue weighted by Crippen LogP contribution is 2.23. The molecule has 1 N–H and O–H groups in total. The molecule has 0 saturated heterocycles. The van der Waals surface area contributed by atoms with Gasteiger partial charge in [-0.3, -0.25) is 9.36 Å². The van der Waals surface area contributed by atoms with E-state index in [1.165, 1.54) is 0 Å². The van der Waals surface area contributed by atoms with Gasteiger partial charge in [-0.05, 0) is 0 Å². The first kappa shape index (κ1) is 14.0. The Labute approximate surface area is 107 Å². The first-order chi connectivity index (χ1) is 9.34. The van der Waals surface area contributed by atoms with E-state index < -0.39 is 52.4 Å². The minimum Gasteiger partial charge on any atom is -0.314 e. The van der Waals surface area contributed by atoms with E-state index in [1.54, 1.807) is 0 Å². The zero-order chi connectivity index (χ0) is 15.0. The number of aromatic nitrogens is 2. The highest BCUT2D eigenvalue weighted by atomic mass is 19.2. The monoisotopic (exact) mass is 292 g/mol. The zero-order valence-electron chi connectivity index (χ0n) is 9.52. The quantitative estimate of drug-likeness (QED) is 0.515. The summed E-state index contributed by atoms with van der Waals surface area (Å²) >= 11 is 0. The van der Waals surface area contributed by atoms with Crippen LogP contribution in [0.3, 0.4) is 0 Å². The van der Waals surface area contributed by atoms with Crippen LogP contribution in [0.2, 0.25) is 0 Å². The van der Waals surface area contributed by atoms with Crippen LogP contribution in [0, 0.1) is 29.1 Å². The molecule has 2 aromatic rings. The molecule has 9 heteroatoms. The maximum atomic E-state index is 13.4. The Morgan fingerprint density at radius 1 is 0.900 bits per heavy atom. The molecule has 0 bridgehead atoms. The molecule has 0 fully saturated rings. The number of hydrogen-bond donors (Lipinski definition) is 1. The van der Waals surface area contributed by atoms with Crippen molar-refractivity contribution in [2.24, 2.45) is 0 Å². The van der Waals surface area contributed by atoms with Crippen molar-refractivity contribution >= 4 is 0 Å². The third kappa shape index (κ3) is 2.10. The van der Waals surface area contributed by atoms with Gasteiger partial charge in [0.05, 0.1) is 6.54 Å². The van der Waals surface area contributed by atoms with Gasteiger partial charge in [0.1, 0.15) is 0 Å². The lowest BCUT2D eigenvalue weighted by molar-refractivity contribution is 0.367. The normalized spacial score (nSPS) is 10.8. The summed E-state index contributed by atoms with van der Waals surface area (Å²) < 4.78 is 65.9. The molecule has 1 heterocycles. The number of rotatable bonds is 2. The van der Waals surface area contributed by atoms with Gasteiger partial charge in [-0.1, -0.05) is 0 Å². The van der Waals surface area contributed by atoms with Crippen LogP contribution < -0.4 is 11.2 Å². The van der Waals surface area contributed by atoms with Gasteiger partial charge in [-0.15, -0.1) is 0 Å². The molecular weight excluding hydrogens is 287 g/mol. The standard InChI is InChI=1S/C11H5F5N2O2/c12-6-4(7(13)9(15)10(16)8(6)14)3-18-5(19)1-2-17-11(18)20/h1-2H,3H2,(H,17,20). The van der Waals surface area contributed by atoms with Crippen LogP contribution in [0.1, 0.15) is 5.56 Å². The van der Waals surface area contributed by atoms with Gasteiger partial charge in [0.15, 0.2) is 23.3 Å². The highest BCUT2D eigenvalue weighted by molar-refractivity contribution is 5.24. The Bertz CT molecular complexity index is 739. The van der Waals surface area contributed by atoms with E-state index in [9.17, 15) is 31.5 Å². The summed E-state index contributed by atoms with van der Waals surface area (Å²) in [5.41, 5.74) is -3.25. The molecule has 0 aliphatic rings. The number of benzene rings is 1. The van der Waals surface area contributed by atoms with E-state index in [0.29, 0.717) is 4.57 Å². The average molecular weight is 292 g/mol. The van der Waals surface area contributed by atoms with Crippen LogP contribution in [-0.4, -0.2) is 9.55 Å². The first-order valence-corrected chi connectivity index (χ1v) is 5.13. The van der Waals surface area contributed by atoms with E-state index in [1.807, 2.05) is 4.98 Å². The fourth-order valence-electron chi connectivity index (χ4n) is 1.55. The van der Waals surface area contributed by atoms with Gasteiger partial charge in [-0.2, -0.15) is 0 Å². The van der Waals surface area contributed by atoms with Gasteiger partial charge >= 0.3 is 5.69 Å². The topological polar surface area (TPSA) is 54.9 Å². The predicted octanol–water partition coefficient (Wildman–Crippen LogP) is 1.28. The Morgan fingerprint density at radius 3 is 1.90 bits per heavy atom. The minimum atomic E-state index is -2.31. The molecule has 0 spiro atoms. The van der Waals surface area contributed by atoms with E-state index in [0.717, 1.165) is 12.3 Å². The molecule has 1 aromatic heterocycles. The summed E-state index contributed by atoms with van der Waals surface area (Å²) in [6.07, 6.45) is 0.986. The third-order valence-corrected chi connectivity index (χ3v) is 2.56. The number of nitrogens with one attached hydrogen (secondary N) is 1. The van der Waals surface area contributed by atoms with Gasteiger partial charge in [-0.25, -0.2) is 26.7 Å². The molecule has 0 atom stereocenters. The molecule has 2 rings (SSSR count). The van der Waals surface area contributed by atoms with Gasteiger partial charge in [0.2, 0.25) is 5.82 Å². The molecule has 20 heavy (non-hydrogen) atoms. The molecular formula is C11H5F5N2O2. The van der Waals surface area contributed by atoms with Crippen LogP contribution in [0.4, 0.5) is 22.0 Å². The van der Waals surface area contributed by atoms with Crippen molar-refractivity contribution in [2.45, 2.75) is 6.54 Å². The molecule has 0 unspecified atom stereocenters. The largest absolute Gasteiger partial charge is 0.328 e. The van der Waals surface area contributed by atoms with Crippen LogP contribution in [0.25, 0.3) is 0 Å². The van der Waals surface area contributed by atoms with Gasteiger partial charge in [0.25, 0.3) is 5.56 Å². The summed E-state index contributed by atoms with van der Waals surface area (Å²) in [5, 5.41) is 0. The fraction of sp³-hybridized carbons (Fsp3) is 0.0909. The van der Waals surface area contributed by atoms with Crippen molar-refractivity contribution in [1.29, 1.82) is 0 Å². The molecule has 0 aliphatic heterocycles. The molecule has 4 nitrogen and oxygen atoms in total. The van der Waals surface area contributed by atoms with Crippen LogP contribution >= 0.6 is 0 Å². The van der Waals surface area contributed by atoms with Crippen molar-refractivity contribution in [3.8, 4) is 0 Å². The second kappa shape index (κ2) is 4.91. The maximum absolute atomic E-state index is 13.4. The van der Waals surface area contributed by atoms with Crippen molar-refractivity contribution in [1.82, 2.24) is 9.55 Å². The Morgan fingerprint density at radius 2 is 1.40 bits per heavy atom. The minimum absolute atomic E-state index is 0.304. The smallest absolute Gasteiger partial charge is 0.314 e. The zero-order valence-corrected chi connectivity index (χ0v) is 9.52.